The molecule has 0 atom stereocenters. The molecule has 2 N–H and O–H groups in total. The van der Waals surface area contributed by atoms with Crippen molar-refractivity contribution in [2.24, 2.45) is 5.73 Å². The predicted octanol–water partition coefficient (Wildman–Crippen LogP) is 5.55. The average Bonchev–Trinajstić information content (AvgIpc) is 2.63. The van der Waals surface area contributed by atoms with Gasteiger partial charge in [0.25, 0.3) is 0 Å². The Morgan fingerprint density at radius 2 is 1.17 bits per heavy atom. The van der Waals surface area contributed by atoms with Crippen LogP contribution in [0.1, 0.15) is 19.4 Å². The minimum atomic E-state index is 0.750. The zero-order chi connectivity index (χ0) is 16.5. The molecular weight excluding hydrogens is 278 g/mol. The molecule has 0 saturated carbocycles. The molecule has 1 nitrogen and oxygen atoms in total. The molecule has 3 aromatic rings. The van der Waals surface area contributed by atoms with E-state index in [1.54, 1.807) is 0 Å². The molecule has 0 aromatic heterocycles. The Kier molecular flexibility index (Phi) is 6.58. The Labute approximate surface area is 139 Å². The van der Waals surface area contributed by atoms with E-state index in [9.17, 15) is 0 Å². The van der Waals surface area contributed by atoms with Crippen LogP contribution in [0.5, 0.6) is 0 Å². The molecular formula is C22H25N. The van der Waals surface area contributed by atoms with E-state index in [0.29, 0.717) is 0 Å². The van der Waals surface area contributed by atoms with Gasteiger partial charge in [-0.25, -0.2) is 0 Å². The van der Waals surface area contributed by atoms with Crippen LogP contribution in [0.2, 0.25) is 0 Å². The van der Waals surface area contributed by atoms with E-state index in [1.165, 1.54) is 27.8 Å². The first-order valence-corrected chi connectivity index (χ1v) is 8.24. The van der Waals surface area contributed by atoms with Gasteiger partial charge >= 0.3 is 0 Å². The van der Waals surface area contributed by atoms with E-state index >= 15 is 0 Å². The van der Waals surface area contributed by atoms with Gasteiger partial charge in [0.15, 0.2) is 0 Å². The lowest BCUT2D eigenvalue weighted by atomic mass is 9.94. The van der Waals surface area contributed by atoms with Crippen LogP contribution in [0.15, 0.2) is 78.9 Å². The van der Waals surface area contributed by atoms with Crippen LogP contribution in [0, 0.1) is 0 Å². The van der Waals surface area contributed by atoms with E-state index in [4.69, 9.17) is 5.73 Å². The number of hydrogen-bond donors (Lipinski definition) is 1. The highest BCUT2D eigenvalue weighted by atomic mass is 14.5. The van der Waals surface area contributed by atoms with Crippen molar-refractivity contribution in [3.63, 3.8) is 0 Å². The summed E-state index contributed by atoms with van der Waals surface area (Å²) < 4.78 is 0. The van der Waals surface area contributed by atoms with Crippen LogP contribution < -0.4 is 5.73 Å². The summed E-state index contributed by atoms with van der Waals surface area (Å²) in [5.41, 5.74) is 11.5. The molecule has 0 saturated heterocycles. The quantitative estimate of drug-likeness (QED) is 0.674. The zero-order valence-corrected chi connectivity index (χ0v) is 14.0. The average molecular weight is 303 g/mol. The molecule has 118 valence electrons. The second-order valence-electron chi connectivity index (χ2n) is 5.37. The van der Waals surface area contributed by atoms with Crippen molar-refractivity contribution < 1.29 is 0 Å². The molecule has 0 aliphatic rings. The van der Waals surface area contributed by atoms with E-state index in [2.05, 4.69) is 85.8 Å². The predicted molar refractivity (Wildman–Crippen MR) is 101 cm³/mol. The Hall–Kier alpha value is -2.38. The first kappa shape index (κ1) is 17.0. The molecule has 0 bridgehead atoms. The van der Waals surface area contributed by atoms with Crippen LogP contribution in [-0.4, -0.2) is 6.54 Å². The fraction of sp³-hybridized carbons (Fsp3) is 0.182. The van der Waals surface area contributed by atoms with Crippen molar-refractivity contribution >= 4 is 0 Å². The highest BCUT2D eigenvalue weighted by Gasteiger charge is 2.05. The summed E-state index contributed by atoms with van der Waals surface area (Å²) in [6, 6.07) is 28.0. The molecule has 0 radical (unpaired) electrons. The third-order valence-corrected chi connectivity index (χ3v) is 3.68. The molecule has 3 rings (SSSR count). The van der Waals surface area contributed by atoms with Gasteiger partial charge in [-0.15, -0.1) is 0 Å². The first-order valence-electron chi connectivity index (χ1n) is 8.24. The molecule has 0 amide bonds. The number of aryl methyl sites for hydroxylation is 1. The third-order valence-electron chi connectivity index (χ3n) is 3.68. The van der Waals surface area contributed by atoms with Crippen LogP contribution in [-0.2, 0) is 6.42 Å². The van der Waals surface area contributed by atoms with E-state index < -0.39 is 0 Å². The monoisotopic (exact) mass is 303 g/mol. The van der Waals surface area contributed by atoms with Gasteiger partial charge in [-0.3, -0.25) is 0 Å². The number of benzene rings is 3. The summed E-state index contributed by atoms with van der Waals surface area (Å²) in [4.78, 5) is 0. The summed E-state index contributed by atoms with van der Waals surface area (Å²) in [6.45, 7) is 4.87. The van der Waals surface area contributed by atoms with Gasteiger partial charge in [0.2, 0.25) is 0 Å². The standard InChI is InChI=1S/C20H18.C2H7N/c1-2-16-15-19(17-9-5-3-6-10-17)13-14-20(16)18-11-7-4-8-12-18;1-2-3/h3-15H,2H2,1H3;2-3H2,1H3. The molecule has 0 spiro atoms. The first-order chi connectivity index (χ1) is 11.3. The van der Waals surface area contributed by atoms with E-state index in [0.717, 1.165) is 13.0 Å². The summed E-state index contributed by atoms with van der Waals surface area (Å²) in [5, 5.41) is 0. The van der Waals surface area contributed by atoms with Gasteiger partial charge < -0.3 is 5.73 Å². The van der Waals surface area contributed by atoms with Crippen molar-refractivity contribution in [2.45, 2.75) is 20.3 Å². The lowest BCUT2D eigenvalue weighted by Crippen LogP contribution is -1.89. The molecule has 1 heteroatoms. The number of rotatable bonds is 3. The largest absolute Gasteiger partial charge is 0.331 e. The molecule has 0 aliphatic carbocycles. The van der Waals surface area contributed by atoms with Crippen LogP contribution in [0.3, 0.4) is 0 Å². The second kappa shape index (κ2) is 8.92. The van der Waals surface area contributed by atoms with Gasteiger partial charge in [-0.1, -0.05) is 92.7 Å². The molecule has 0 heterocycles. The highest BCUT2D eigenvalue weighted by Crippen LogP contribution is 2.29. The molecule has 0 fully saturated rings. The fourth-order valence-electron chi connectivity index (χ4n) is 2.60. The van der Waals surface area contributed by atoms with Gasteiger partial charge in [0, 0.05) is 0 Å². The number of nitrogens with two attached hydrogens (primary N) is 1. The summed E-state index contributed by atoms with van der Waals surface area (Å²) in [6.07, 6.45) is 1.05. The van der Waals surface area contributed by atoms with Gasteiger partial charge in [0.1, 0.15) is 0 Å². The smallest absolute Gasteiger partial charge is 0.0106 e. The van der Waals surface area contributed by atoms with Crippen molar-refractivity contribution in [3.8, 4) is 22.3 Å². The lowest BCUT2D eigenvalue weighted by Gasteiger charge is -2.11. The molecule has 0 unspecified atom stereocenters. The maximum Gasteiger partial charge on any atom is -0.0106 e. The van der Waals surface area contributed by atoms with E-state index in [-0.39, 0.29) is 0 Å². The van der Waals surface area contributed by atoms with Crippen molar-refractivity contribution in [2.75, 3.05) is 6.54 Å². The molecule has 3 aromatic carbocycles. The second-order valence-corrected chi connectivity index (χ2v) is 5.37. The Morgan fingerprint density at radius 1 is 0.652 bits per heavy atom. The van der Waals surface area contributed by atoms with Crippen molar-refractivity contribution in [1.29, 1.82) is 0 Å². The normalized spacial score (nSPS) is 9.87. The lowest BCUT2D eigenvalue weighted by molar-refractivity contribution is 1.14. The minimum Gasteiger partial charge on any atom is -0.331 e. The fourth-order valence-corrected chi connectivity index (χ4v) is 2.60. The van der Waals surface area contributed by atoms with Crippen LogP contribution >= 0.6 is 0 Å². The summed E-state index contributed by atoms with van der Waals surface area (Å²) >= 11 is 0. The Balaban J connectivity index is 0.000000595. The highest BCUT2D eigenvalue weighted by molar-refractivity contribution is 5.73. The van der Waals surface area contributed by atoms with Crippen molar-refractivity contribution in [3.05, 3.63) is 84.4 Å². The zero-order valence-electron chi connectivity index (χ0n) is 14.0. The van der Waals surface area contributed by atoms with Gasteiger partial charge in [-0.05, 0) is 40.8 Å². The summed E-state index contributed by atoms with van der Waals surface area (Å²) in [7, 11) is 0. The van der Waals surface area contributed by atoms with Crippen LogP contribution in [0.4, 0.5) is 0 Å². The Bertz CT molecular complexity index is 703. The van der Waals surface area contributed by atoms with Gasteiger partial charge in [-0.2, -0.15) is 0 Å². The van der Waals surface area contributed by atoms with Gasteiger partial charge in [0.05, 0.1) is 0 Å². The van der Waals surface area contributed by atoms with Crippen LogP contribution in [0.25, 0.3) is 22.3 Å². The SMILES string of the molecule is CCN.CCc1cc(-c2ccccc2)ccc1-c1ccccc1. The maximum absolute atomic E-state index is 4.85. The third kappa shape index (κ3) is 4.54. The Morgan fingerprint density at radius 3 is 1.70 bits per heavy atom. The maximum atomic E-state index is 4.85. The topological polar surface area (TPSA) is 26.0 Å². The summed E-state index contributed by atoms with van der Waals surface area (Å²) in [5.74, 6) is 0. The van der Waals surface area contributed by atoms with Crippen molar-refractivity contribution in [1.82, 2.24) is 0 Å². The number of hydrogen-bond acceptors (Lipinski definition) is 1. The molecule has 23 heavy (non-hydrogen) atoms. The van der Waals surface area contributed by atoms with E-state index in [1.807, 2.05) is 6.92 Å². The minimum absolute atomic E-state index is 0.750. The molecule has 0 aliphatic heterocycles.